The van der Waals surface area contributed by atoms with Crippen LogP contribution in [0.2, 0.25) is 0 Å². The molecular weight excluding hydrogens is 156 g/mol. The Hall–Kier alpha value is -0.770. The SMILES string of the molecule is COC(=O)N1CCCN(C)CC1. The van der Waals surface area contributed by atoms with E-state index in [2.05, 4.69) is 16.7 Å². The topological polar surface area (TPSA) is 32.8 Å². The maximum atomic E-state index is 11.1. The molecule has 0 spiro atoms. The summed E-state index contributed by atoms with van der Waals surface area (Å²) >= 11 is 0. The standard InChI is InChI=1S/C8H16N2O2/c1-9-4-3-5-10(7-6-9)8(11)12-2/h3-7H2,1-2H3. The summed E-state index contributed by atoms with van der Waals surface area (Å²) in [7, 11) is 3.50. The molecule has 4 heteroatoms. The van der Waals surface area contributed by atoms with Crippen molar-refractivity contribution in [2.75, 3.05) is 40.3 Å². The number of methoxy groups -OCH3 is 1. The number of amides is 1. The van der Waals surface area contributed by atoms with Crippen LogP contribution in [0, 0.1) is 0 Å². The summed E-state index contributed by atoms with van der Waals surface area (Å²) in [4.78, 5) is 15.1. The molecule has 1 fully saturated rings. The Morgan fingerprint density at radius 2 is 2.00 bits per heavy atom. The van der Waals surface area contributed by atoms with Crippen LogP contribution in [0.15, 0.2) is 0 Å². The molecule has 0 atom stereocenters. The second kappa shape index (κ2) is 4.30. The van der Waals surface area contributed by atoms with E-state index in [-0.39, 0.29) is 6.09 Å². The maximum Gasteiger partial charge on any atom is 0.409 e. The van der Waals surface area contributed by atoms with Gasteiger partial charge in [0.25, 0.3) is 0 Å². The molecule has 1 amide bonds. The predicted molar refractivity (Wildman–Crippen MR) is 46.1 cm³/mol. The van der Waals surface area contributed by atoms with Crippen LogP contribution in [-0.2, 0) is 4.74 Å². The fraction of sp³-hybridized carbons (Fsp3) is 0.875. The normalized spacial score (nSPS) is 20.3. The van der Waals surface area contributed by atoms with Gasteiger partial charge in [-0.05, 0) is 20.0 Å². The Morgan fingerprint density at radius 3 is 2.67 bits per heavy atom. The van der Waals surface area contributed by atoms with Crippen molar-refractivity contribution in [2.45, 2.75) is 6.42 Å². The molecule has 0 unspecified atom stereocenters. The van der Waals surface area contributed by atoms with E-state index in [1.54, 1.807) is 4.90 Å². The van der Waals surface area contributed by atoms with E-state index >= 15 is 0 Å². The van der Waals surface area contributed by atoms with Gasteiger partial charge in [-0.25, -0.2) is 4.79 Å². The third-order valence-electron chi connectivity index (χ3n) is 2.15. The highest BCUT2D eigenvalue weighted by Gasteiger charge is 2.16. The van der Waals surface area contributed by atoms with E-state index in [0.717, 1.165) is 32.6 Å². The molecule has 0 aromatic carbocycles. The van der Waals surface area contributed by atoms with Gasteiger partial charge in [-0.3, -0.25) is 0 Å². The zero-order valence-electron chi connectivity index (χ0n) is 7.75. The second-order valence-corrected chi connectivity index (χ2v) is 3.11. The van der Waals surface area contributed by atoms with Crippen LogP contribution in [0.4, 0.5) is 4.79 Å². The average Bonchev–Trinajstić information content (AvgIpc) is 2.29. The van der Waals surface area contributed by atoms with E-state index in [9.17, 15) is 4.79 Å². The molecule has 4 nitrogen and oxygen atoms in total. The van der Waals surface area contributed by atoms with Crippen LogP contribution < -0.4 is 0 Å². The molecule has 0 aromatic rings. The molecule has 0 aromatic heterocycles. The minimum Gasteiger partial charge on any atom is -0.453 e. The second-order valence-electron chi connectivity index (χ2n) is 3.11. The lowest BCUT2D eigenvalue weighted by Crippen LogP contribution is -2.34. The van der Waals surface area contributed by atoms with Gasteiger partial charge in [-0.1, -0.05) is 0 Å². The summed E-state index contributed by atoms with van der Waals surface area (Å²) in [6, 6.07) is 0. The Morgan fingerprint density at radius 1 is 1.25 bits per heavy atom. The zero-order chi connectivity index (χ0) is 8.97. The first kappa shape index (κ1) is 9.32. The molecule has 1 rings (SSSR count). The summed E-state index contributed by atoms with van der Waals surface area (Å²) in [6.45, 7) is 3.60. The fourth-order valence-electron chi connectivity index (χ4n) is 1.36. The van der Waals surface area contributed by atoms with E-state index in [4.69, 9.17) is 0 Å². The highest BCUT2D eigenvalue weighted by atomic mass is 16.5. The molecule has 1 aliphatic heterocycles. The summed E-state index contributed by atoms with van der Waals surface area (Å²) in [5, 5.41) is 0. The lowest BCUT2D eigenvalue weighted by molar-refractivity contribution is 0.125. The quantitative estimate of drug-likeness (QED) is 0.530. The zero-order valence-corrected chi connectivity index (χ0v) is 7.75. The summed E-state index contributed by atoms with van der Waals surface area (Å²) < 4.78 is 4.65. The number of carbonyl (C=O) groups excluding carboxylic acids is 1. The first-order valence-electron chi connectivity index (χ1n) is 4.25. The molecule has 1 aliphatic rings. The third-order valence-corrected chi connectivity index (χ3v) is 2.15. The lowest BCUT2D eigenvalue weighted by atomic mass is 10.4. The van der Waals surface area contributed by atoms with Gasteiger partial charge in [0.1, 0.15) is 0 Å². The van der Waals surface area contributed by atoms with Crippen molar-refractivity contribution in [2.24, 2.45) is 0 Å². The van der Waals surface area contributed by atoms with E-state index in [1.807, 2.05) is 0 Å². The summed E-state index contributed by atoms with van der Waals surface area (Å²) in [6.07, 6.45) is 0.830. The molecule has 1 heterocycles. The number of likely N-dealkylation sites (N-methyl/N-ethyl adjacent to an activating group) is 1. The molecule has 1 saturated heterocycles. The molecule has 0 N–H and O–H groups in total. The van der Waals surface area contributed by atoms with Crippen molar-refractivity contribution in [3.05, 3.63) is 0 Å². The van der Waals surface area contributed by atoms with Crippen LogP contribution in [-0.4, -0.2) is 56.2 Å². The van der Waals surface area contributed by atoms with Crippen molar-refractivity contribution in [1.82, 2.24) is 9.80 Å². The van der Waals surface area contributed by atoms with Gasteiger partial charge >= 0.3 is 6.09 Å². The summed E-state index contributed by atoms with van der Waals surface area (Å²) in [5.41, 5.74) is 0. The van der Waals surface area contributed by atoms with Gasteiger partial charge in [0.2, 0.25) is 0 Å². The van der Waals surface area contributed by atoms with Gasteiger partial charge in [-0.2, -0.15) is 0 Å². The van der Waals surface area contributed by atoms with Crippen molar-refractivity contribution in [1.29, 1.82) is 0 Å². The molecule has 12 heavy (non-hydrogen) atoms. The van der Waals surface area contributed by atoms with Gasteiger partial charge in [-0.15, -0.1) is 0 Å². The fourth-order valence-corrected chi connectivity index (χ4v) is 1.36. The first-order chi connectivity index (χ1) is 5.74. The molecule has 0 aliphatic carbocycles. The number of carbonyl (C=O) groups is 1. The summed E-state index contributed by atoms with van der Waals surface area (Å²) in [5.74, 6) is 0. The van der Waals surface area contributed by atoms with Crippen molar-refractivity contribution < 1.29 is 9.53 Å². The predicted octanol–water partition coefficient (Wildman–Crippen LogP) is 0.390. The number of nitrogens with zero attached hydrogens (tertiary/aromatic N) is 2. The van der Waals surface area contributed by atoms with Crippen molar-refractivity contribution in [3.63, 3.8) is 0 Å². The van der Waals surface area contributed by atoms with E-state index in [0.29, 0.717) is 0 Å². The van der Waals surface area contributed by atoms with Crippen LogP contribution in [0.5, 0.6) is 0 Å². The molecule has 0 bridgehead atoms. The van der Waals surface area contributed by atoms with Crippen LogP contribution in [0.3, 0.4) is 0 Å². The Bertz CT molecular complexity index is 161. The van der Waals surface area contributed by atoms with Gasteiger partial charge in [0.05, 0.1) is 7.11 Å². The number of hydrogen-bond acceptors (Lipinski definition) is 3. The highest BCUT2D eigenvalue weighted by molar-refractivity contribution is 5.67. The minimum atomic E-state index is -0.203. The van der Waals surface area contributed by atoms with Crippen LogP contribution in [0.1, 0.15) is 6.42 Å². The Labute approximate surface area is 73.1 Å². The van der Waals surface area contributed by atoms with Gasteiger partial charge in [0, 0.05) is 19.6 Å². The average molecular weight is 172 g/mol. The van der Waals surface area contributed by atoms with E-state index in [1.165, 1.54) is 7.11 Å². The molecule has 0 saturated carbocycles. The first-order valence-corrected chi connectivity index (χ1v) is 4.25. The number of ether oxygens (including phenoxy) is 1. The number of rotatable bonds is 0. The molecule has 0 radical (unpaired) electrons. The van der Waals surface area contributed by atoms with Gasteiger partial charge < -0.3 is 14.5 Å². The van der Waals surface area contributed by atoms with Crippen molar-refractivity contribution in [3.8, 4) is 0 Å². The van der Waals surface area contributed by atoms with Crippen LogP contribution in [0.25, 0.3) is 0 Å². The largest absolute Gasteiger partial charge is 0.453 e. The van der Waals surface area contributed by atoms with Gasteiger partial charge in [0.15, 0.2) is 0 Å². The van der Waals surface area contributed by atoms with Crippen molar-refractivity contribution >= 4 is 6.09 Å². The Balaban J connectivity index is 2.40. The number of hydrogen-bond donors (Lipinski definition) is 0. The Kier molecular flexibility index (Phi) is 3.34. The van der Waals surface area contributed by atoms with Crippen LogP contribution >= 0.6 is 0 Å². The maximum absolute atomic E-state index is 11.1. The molecular formula is C8H16N2O2. The minimum absolute atomic E-state index is 0.203. The smallest absolute Gasteiger partial charge is 0.409 e. The highest BCUT2D eigenvalue weighted by Crippen LogP contribution is 2.01. The molecule has 70 valence electrons. The van der Waals surface area contributed by atoms with E-state index < -0.39 is 0 Å². The third kappa shape index (κ3) is 2.37. The monoisotopic (exact) mass is 172 g/mol. The lowest BCUT2D eigenvalue weighted by Gasteiger charge is -2.18.